The van der Waals surface area contributed by atoms with Crippen molar-refractivity contribution in [3.8, 4) is 0 Å². The van der Waals surface area contributed by atoms with Crippen LogP contribution in [-0.4, -0.2) is 45.4 Å². The molecule has 0 fully saturated rings. The Morgan fingerprint density at radius 1 is 1.50 bits per heavy atom. The Hall–Kier alpha value is -1.99. The normalized spacial score (nSPS) is 10.3. The molecule has 0 aliphatic rings. The molecule has 0 saturated heterocycles. The number of nitrogens with one attached hydrogen (secondary N) is 1. The van der Waals surface area contributed by atoms with Crippen molar-refractivity contribution < 1.29 is 4.79 Å². The number of carbonyl (C=O) groups is 1. The fourth-order valence-electron chi connectivity index (χ4n) is 1.45. The highest BCUT2D eigenvalue weighted by Crippen LogP contribution is 1.95. The highest BCUT2D eigenvalue weighted by molar-refractivity contribution is 5.91. The second-order valence-electron chi connectivity index (χ2n) is 3.68. The van der Waals surface area contributed by atoms with E-state index in [9.17, 15) is 4.79 Å². The molecular weight excluding hydrogens is 232 g/mol. The summed E-state index contributed by atoms with van der Waals surface area (Å²) in [5.41, 5.74) is 2.21. The summed E-state index contributed by atoms with van der Waals surface area (Å²) in [7, 11) is 0. The quantitative estimate of drug-likeness (QED) is 0.282. The number of hydrazine groups is 1. The zero-order chi connectivity index (χ0) is 13.4. The largest absolute Gasteiger partial charge is 0.294 e. The molecule has 0 atom stereocenters. The van der Waals surface area contributed by atoms with Crippen molar-refractivity contribution in [2.75, 3.05) is 19.6 Å². The predicted octanol–water partition coefficient (Wildman–Crippen LogP) is -0.444. The zero-order valence-corrected chi connectivity index (χ0v) is 10.2. The van der Waals surface area contributed by atoms with Gasteiger partial charge in [0, 0.05) is 19.6 Å². The maximum atomic E-state index is 11.2. The average molecular weight is 250 g/mol. The van der Waals surface area contributed by atoms with Gasteiger partial charge in [-0.2, -0.15) is 0 Å². The van der Waals surface area contributed by atoms with Crippen LogP contribution < -0.4 is 11.3 Å². The van der Waals surface area contributed by atoms with Gasteiger partial charge in [0.2, 0.25) is 0 Å². The predicted molar refractivity (Wildman–Crippen MR) is 68.5 cm³/mol. The van der Waals surface area contributed by atoms with E-state index in [1.807, 2.05) is 17.6 Å². The maximum Gasteiger partial charge on any atom is 0.287 e. The van der Waals surface area contributed by atoms with Crippen LogP contribution in [0.25, 0.3) is 0 Å². The molecule has 0 bridgehead atoms. The molecule has 3 N–H and O–H groups in total. The SMILES string of the molecule is C=CCN(CC=C)CCn1cc(C(=O)NN)nn1. The summed E-state index contributed by atoms with van der Waals surface area (Å²) in [6.45, 7) is 10.3. The Labute approximate surface area is 106 Å². The van der Waals surface area contributed by atoms with Gasteiger partial charge in [0.1, 0.15) is 0 Å². The number of nitrogen functional groups attached to an aromatic ring is 1. The summed E-state index contributed by atoms with van der Waals surface area (Å²) in [6, 6.07) is 0. The van der Waals surface area contributed by atoms with Gasteiger partial charge in [0.15, 0.2) is 5.69 Å². The Balaban J connectivity index is 2.51. The number of amides is 1. The first-order chi connectivity index (χ1) is 8.71. The minimum absolute atomic E-state index is 0.205. The van der Waals surface area contributed by atoms with Crippen LogP contribution in [0.15, 0.2) is 31.5 Å². The monoisotopic (exact) mass is 250 g/mol. The first kappa shape index (κ1) is 14.1. The third-order valence-corrected chi connectivity index (χ3v) is 2.32. The van der Waals surface area contributed by atoms with Gasteiger partial charge in [0.25, 0.3) is 5.91 Å². The van der Waals surface area contributed by atoms with E-state index in [1.165, 1.54) is 0 Å². The highest BCUT2D eigenvalue weighted by atomic mass is 16.2. The van der Waals surface area contributed by atoms with E-state index in [2.05, 4.69) is 28.4 Å². The number of nitrogens with zero attached hydrogens (tertiary/aromatic N) is 4. The molecule has 0 spiro atoms. The first-order valence-corrected chi connectivity index (χ1v) is 5.56. The van der Waals surface area contributed by atoms with Gasteiger partial charge < -0.3 is 0 Å². The van der Waals surface area contributed by atoms with Crippen molar-refractivity contribution in [3.63, 3.8) is 0 Å². The van der Waals surface area contributed by atoms with Gasteiger partial charge >= 0.3 is 0 Å². The molecule has 0 aliphatic heterocycles. The number of carbonyl (C=O) groups excluding carboxylic acids is 1. The molecule has 1 aromatic rings. The molecule has 1 rings (SSSR count). The summed E-state index contributed by atoms with van der Waals surface area (Å²) >= 11 is 0. The average Bonchev–Trinajstić information content (AvgIpc) is 2.84. The molecule has 0 radical (unpaired) electrons. The van der Waals surface area contributed by atoms with E-state index >= 15 is 0 Å². The van der Waals surface area contributed by atoms with Crippen LogP contribution in [0.4, 0.5) is 0 Å². The molecule has 0 unspecified atom stereocenters. The van der Waals surface area contributed by atoms with Crippen LogP contribution in [0.2, 0.25) is 0 Å². The molecule has 0 aromatic carbocycles. The van der Waals surface area contributed by atoms with Crippen LogP contribution in [0.1, 0.15) is 10.5 Å². The van der Waals surface area contributed by atoms with Crippen LogP contribution in [0, 0.1) is 0 Å². The fourth-order valence-corrected chi connectivity index (χ4v) is 1.45. The molecule has 1 heterocycles. The van der Waals surface area contributed by atoms with Crippen molar-refractivity contribution in [2.24, 2.45) is 5.84 Å². The summed E-state index contributed by atoms with van der Waals surface area (Å²) in [5.74, 6) is 4.56. The third-order valence-electron chi connectivity index (χ3n) is 2.32. The maximum absolute atomic E-state index is 11.2. The van der Waals surface area contributed by atoms with Crippen molar-refractivity contribution in [2.45, 2.75) is 6.54 Å². The first-order valence-electron chi connectivity index (χ1n) is 5.56. The fraction of sp³-hybridized carbons (Fsp3) is 0.364. The van der Waals surface area contributed by atoms with Crippen LogP contribution in [-0.2, 0) is 6.54 Å². The summed E-state index contributed by atoms with van der Waals surface area (Å²) in [5, 5.41) is 7.57. The van der Waals surface area contributed by atoms with Crippen molar-refractivity contribution in [1.82, 2.24) is 25.3 Å². The minimum Gasteiger partial charge on any atom is -0.294 e. The van der Waals surface area contributed by atoms with E-state index in [0.29, 0.717) is 6.54 Å². The van der Waals surface area contributed by atoms with Gasteiger partial charge in [0.05, 0.1) is 12.7 Å². The van der Waals surface area contributed by atoms with Gasteiger partial charge in [-0.25, -0.2) is 5.84 Å². The molecular formula is C11H18N6O. The second-order valence-corrected chi connectivity index (χ2v) is 3.68. The summed E-state index contributed by atoms with van der Waals surface area (Å²) in [6.07, 6.45) is 5.22. The van der Waals surface area contributed by atoms with E-state index in [0.717, 1.165) is 19.6 Å². The molecule has 98 valence electrons. The third kappa shape index (κ3) is 4.11. The van der Waals surface area contributed by atoms with E-state index in [-0.39, 0.29) is 5.69 Å². The van der Waals surface area contributed by atoms with Gasteiger partial charge in [-0.3, -0.25) is 19.8 Å². The minimum atomic E-state index is -0.449. The van der Waals surface area contributed by atoms with Crippen LogP contribution in [0.5, 0.6) is 0 Å². The standard InChI is InChI=1S/C11H18N6O/c1-3-5-16(6-4-2)7-8-17-9-10(14-15-17)11(18)13-12/h3-4,9H,1-2,5-8,12H2,(H,13,18). The summed E-state index contributed by atoms with van der Waals surface area (Å²) in [4.78, 5) is 13.3. The molecule has 18 heavy (non-hydrogen) atoms. The van der Waals surface area contributed by atoms with E-state index in [4.69, 9.17) is 5.84 Å². The van der Waals surface area contributed by atoms with Gasteiger partial charge in [-0.15, -0.1) is 18.3 Å². The molecule has 0 aliphatic carbocycles. The van der Waals surface area contributed by atoms with Gasteiger partial charge in [-0.05, 0) is 0 Å². The number of aromatic nitrogens is 3. The van der Waals surface area contributed by atoms with Crippen molar-refractivity contribution >= 4 is 5.91 Å². The van der Waals surface area contributed by atoms with Crippen LogP contribution >= 0.6 is 0 Å². The van der Waals surface area contributed by atoms with E-state index in [1.54, 1.807) is 10.9 Å². The molecule has 7 nitrogen and oxygen atoms in total. The lowest BCUT2D eigenvalue weighted by Gasteiger charge is -2.17. The van der Waals surface area contributed by atoms with Crippen molar-refractivity contribution in [3.05, 3.63) is 37.2 Å². The van der Waals surface area contributed by atoms with E-state index < -0.39 is 5.91 Å². The molecule has 0 saturated carbocycles. The Morgan fingerprint density at radius 2 is 2.17 bits per heavy atom. The number of nitrogens with two attached hydrogens (primary N) is 1. The zero-order valence-electron chi connectivity index (χ0n) is 10.2. The lowest BCUT2D eigenvalue weighted by Crippen LogP contribution is -2.30. The number of hydrogen-bond donors (Lipinski definition) is 2. The number of rotatable bonds is 8. The molecule has 7 heteroatoms. The second kappa shape index (κ2) is 7.36. The molecule has 1 aromatic heterocycles. The van der Waals surface area contributed by atoms with Crippen LogP contribution in [0.3, 0.4) is 0 Å². The lowest BCUT2D eigenvalue weighted by atomic mass is 10.4. The van der Waals surface area contributed by atoms with Crippen molar-refractivity contribution in [1.29, 1.82) is 0 Å². The summed E-state index contributed by atoms with van der Waals surface area (Å²) < 4.78 is 1.60. The Morgan fingerprint density at radius 3 is 2.72 bits per heavy atom. The topological polar surface area (TPSA) is 89.1 Å². The Kier molecular flexibility index (Phi) is 5.75. The van der Waals surface area contributed by atoms with Gasteiger partial charge in [-0.1, -0.05) is 17.4 Å². The molecule has 1 amide bonds. The number of hydrogen-bond acceptors (Lipinski definition) is 5. The smallest absolute Gasteiger partial charge is 0.287 e. The highest BCUT2D eigenvalue weighted by Gasteiger charge is 2.09. The lowest BCUT2D eigenvalue weighted by molar-refractivity contribution is 0.0948. The Bertz CT molecular complexity index is 403.